The molecule has 17 heteroatoms. The first-order chi connectivity index (χ1) is 26.6. The Morgan fingerprint density at radius 3 is 2.25 bits per heavy atom. The van der Waals surface area contributed by atoms with Gasteiger partial charge in [-0.05, 0) is 86.9 Å². The molecular weight excluding hydrogens is 744 g/mol. The molecule has 0 bridgehead atoms. The second-order valence-electron chi connectivity index (χ2n) is 15.1. The topological polar surface area (TPSA) is 125 Å². The number of carbonyl (C=O) groups excluding carboxylic acids is 2. The third kappa shape index (κ3) is 8.98. The van der Waals surface area contributed by atoms with Crippen LogP contribution in [0.1, 0.15) is 62.5 Å². The van der Waals surface area contributed by atoms with Gasteiger partial charge in [0.1, 0.15) is 17.3 Å². The smallest absolute Gasteiger partial charge is 0.405 e. The molecule has 7 rings (SSSR count). The van der Waals surface area contributed by atoms with E-state index in [0.29, 0.717) is 60.1 Å². The van der Waals surface area contributed by atoms with Gasteiger partial charge >= 0.3 is 12.5 Å². The molecule has 56 heavy (non-hydrogen) atoms. The van der Waals surface area contributed by atoms with E-state index in [1.54, 1.807) is 36.3 Å². The number of nitrogens with zero attached hydrogens (tertiary/aromatic N) is 4. The van der Waals surface area contributed by atoms with Crippen molar-refractivity contribution in [2.45, 2.75) is 76.5 Å². The maximum absolute atomic E-state index is 14.2. The van der Waals surface area contributed by atoms with Gasteiger partial charge in [0.05, 0.1) is 11.8 Å². The third-order valence-corrected chi connectivity index (χ3v) is 11.3. The van der Waals surface area contributed by atoms with Crippen LogP contribution in [0.5, 0.6) is 5.75 Å². The zero-order valence-electron chi connectivity index (χ0n) is 30.7. The van der Waals surface area contributed by atoms with Crippen molar-refractivity contribution in [2.24, 2.45) is 18.9 Å². The van der Waals surface area contributed by atoms with Gasteiger partial charge in [-0.1, -0.05) is 25.0 Å². The number of aryl methyl sites for hydroxylation is 1. The number of benzene rings is 2. The number of hydrogen-bond donors (Lipinski definition) is 3. The van der Waals surface area contributed by atoms with Gasteiger partial charge in [-0.2, -0.15) is 18.3 Å². The number of aromatic amines is 1. The molecule has 0 aliphatic carbocycles. The van der Waals surface area contributed by atoms with Crippen molar-refractivity contribution in [3.63, 3.8) is 0 Å². The number of imide groups is 1. The van der Waals surface area contributed by atoms with E-state index in [1.807, 2.05) is 0 Å². The Kier molecular flexibility index (Phi) is 11.1. The number of anilines is 2. The summed E-state index contributed by atoms with van der Waals surface area (Å²) in [5.41, 5.74) is 0.858. The molecule has 0 spiro atoms. The minimum Gasteiger partial charge on any atom is -0.405 e. The number of alkyl halides is 6. The van der Waals surface area contributed by atoms with E-state index in [1.165, 1.54) is 22.9 Å². The predicted molar refractivity (Wildman–Crippen MR) is 197 cm³/mol. The molecule has 300 valence electrons. The maximum atomic E-state index is 14.2. The molecule has 2 aromatic carbocycles. The van der Waals surface area contributed by atoms with Gasteiger partial charge in [-0.3, -0.25) is 29.7 Å². The van der Waals surface area contributed by atoms with Crippen molar-refractivity contribution < 1.29 is 40.7 Å². The number of halogens is 6. The van der Waals surface area contributed by atoms with Crippen molar-refractivity contribution in [2.75, 3.05) is 36.4 Å². The van der Waals surface area contributed by atoms with Crippen molar-refractivity contribution in [3.8, 4) is 16.9 Å². The second kappa shape index (κ2) is 15.8. The Bertz CT molecular complexity index is 2130. The fraction of sp³-hybridized carbons (Fsp3) is 0.487. The van der Waals surface area contributed by atoms with Crippen LogP contribution >= 0.6 is 0 Å². The molecule has 3 aliphatic rings. The number of piperidine rings is 3. The molecule has 3 fully saturated rings. The Morgan fingerprint density at radius 1 is 0.893 bits per heavy atom. The lowest BCUT2D eigenvalue weighted by molar-refractivity contribution is -0.275. The van der Waals surface area contributed by atoms with Crippen molar-refractivity contribution in [1.82, 2.24) is 25.0 Å². The van der Waals surface area contributed by atoms with Crippen LogP contribution in [-0.4, -0.2) is 70.1 Å². The van der Waals surface area contributed by atoms with Crippen LogP contribution < -0.4 is 25.8 Å². The first-order valence-electron chi connectivity index (χ1n) is 18.8. The molecule has 5 heterocycles. The normalized spacial score (nSPS) is 19.4. The summed E-state index contributed by atoms with van der Waals surface area (Å²) in [4.78, 5) is 40.0. The minimum absolute atomic E-state index is 0.109. The van der Waals surface area contributed by atoms with E-state index in [2.05, 4.69) is 30.5 Å². The summed E-state index contributed by atoms with van der Waals surface area (Å²) < 4.78 is 89.2. The zero-order valence-corrected chi connectivity index (χ0v) is 30.7. The molecule has 0 radical (unpaired) electrons. The number of likely N-dealkylation sites (tertiary alicyclic amines) is 1. The van der Waals surface area contributed by atoms with Gasteiger partial charge in [0, 0.05) is 67.2 Å². The van der Waals surface area contributed by atoms with E-state index < -0.39 is 36.0 Å². The Hall–Kier alpha value is -5.06. The lowest BCUT2D eigenvalue weighted by atomic mass is 9.85. The summed E-state index contributed by atoms with van der Waals surface area (Å²) >= 11 is 0. The van der Waals surface area contributed by atoms with Crippen LogP contribution in [0.3, 0.4) is 0 Å². The number of carbonyl (C=O) groups is 2. The molecule has 3 saturated heterocycles. The Morgan fingerprint density at radius 2 is 1.59 bits per heavy atom. The maximum Gasteiger partial charge on any atom is 0.573 e. The van der Waals surface area contributed by atoms with Gasteiger partial charge < -0.3 is 19.5 Å². The van der Waals surface area contributed by atoms with Gasteiger partial charge in [0.25, 0.3) is 5.56 Å². The predicted octanol–water partition coefficient (Wildman–Crippen LogP) is 6.97. The lowest BCUT2D eigenvalue weighted by Crippen LogP contribution is -2.47. The first-order valence-corrected chi connectivity index (χ1v) is 18.8. The van der Waals surface area contributed by atoms with Crippen molar-refractivity contribution >= 4 is 34.1 Å². The van der Waals surface area contributed by atoms with Gasteiger partial charge in [-0.15, -0.1) is 13.2 Å². The number of hydrogen-bond acceptors (Lipinski definition) is 8. The fourth-order valence-electron chi connectivity index (χ4n) is 8.22. The second-order valence-corrected chi connectivity index (χ2v) is 15.1. The van der Waals surface area contributed by atoms with E-state index in [9.17, 15) is 40.7 Å². The molecule has 0 saturated carbocycles. The SMILES string of the molecule is Cn1cc(-c2ccc(CN3CCC(CCC4CCN(c5ccc(NC6CCC(=O)NC6=O)cc5C(F)(F)F)CC4)CC3)c(OC(F)(F)F)c2)c2cn[nH]c2c1=O. The lowest BCUT2D eigenvalue weighted by Gasteiger charge is -2.36. The first kappa shape index (κ1) is 39.2. The molecule has 3 aliphatic heterocycles. The number of aromatic nitrogens is 3. The van der Waals surface area contributed by atoms with E-state index >= 15 is 0 Å². The number of pyridine rings is 1. The van der Waals surface area contributed by atoms with Crippen LogP contribution in [-0.2, 0) is 29.4 Å². The van der Waals surface area contributed by atoms with E-state index in [0.717, 1.165) is 44.6 Å². The summed E-state index contributed by atoms with van der Waals surface area (Å²) in [5.74, 6) is -0.430. The molecule has 1 atom stereocenters. The number of amides is 2. The molecule has 11 nitrogen and oxygen atoms in total. The standard InChI is InChI=1S/C39H43F6N7O4/c1-50-22-29(28-20-46-49-35(28)37(50)55)25-4-5-26(33(18-25)56-39(43,44)45)21-51-14-10-23(11-15-51)2-3-24-12-16-52(17-13-24)32-8-6-27(19-30(32)38(40,41)42)47-31-7-9-34(53)48-36(31)54/h4-6,8,18-20,22-24,31,47H,2-3,7,9-17,21H2,1H3,(H,46,49)(H,48,53,54). The highest BCUT2D eigenvalue weighted by Crippen LogP contribution is 2.41. The van der Waals surface area contributed by atoms with Gasteiger partial charge in [-0.25, -0.2) is 0 Å². The number of fused-ring (bicyclic) bond motifs is 1. The van der Waals surface area contributed by atoms with Gasteiger partial charge in [0.2, 0.25) is 11.8 Å². The van der Waals surface area contributed by atoms with Crippen LogP contribution in [0.15, 0.2) is 53.6 Å². The largest absolute Gasteiger partial charge is 0.573 e. The zero-order chi connectivity index (χ0) is 39.8. The van der Waals surface area contributed by atoms with Gasteiger partial charge in [0.15, 0.2) is 0 Å². The van der Waals surface area contributed by atoms with Crippen LogP contribution in [0.2, 0.25) is 0 Å². The van der Waals surface area contributed by atoms with Crippen LogP contribution in [0, 0.1) is 11.8 Å². The fourth-order valence-corrected chi connectivity index (χ4v) is 8.22. The highest BCUT2D eigenvalue weighted by Gasteiger charge is 2.37. The highest BCUT2D eigenvalue weighted by molar-refractivity contribution is 6.01. The van der Waals surface area contributed by atoms with Crippen LogP contribution in [0.25, 0.3) is 22.0 Å². The number of ether oxygens (including phenoxy) is 1. The van der Waals surface area contributed by atoms with E-state index in [4.69, 9.17) is 0 Å². The summed E-state index contributed by atoms with van der Waals surface area (Å²) in [7, 11) is 1.56. The summed E-state index contributed by atoms with van der Waals surface area (Å²) in [6.45, 7) is 2.67. The Labute approximate surface area is 318 Å². The van der Waals surface area contributed by atoms with Crippen LogP contribution in [0.4, 0.5) is 37.7 Å². The van der Waals surface area contributed by atoms with Crippen molar-refractivity contribution in [1.29, 1.82) is 0 Å². The molecule has 2 amide bonds. The highest BCUT2D eigenvalue weighted by atomic mass is 19.4. The summed E-state index contributed by atoms with van der Waals surface area (Å²) in [6, 6.07) is 7.95. The quantitative estimate of drug-likeness (QED) is 0.116. The average molecular weight is 788 g/mol. The van der Waals surface area contributed by atoms with E-state index in [-0.39, 0.29) is 47.6 Å². The summed E-state index contributed by atoms with van der Waals surface area (Å²) in [5, 5.41) is 12.2. The number of H-pyrrole nitrogens is 1. The number of rotatable bonds is 10. The molecule has 1 unspecified atom stereocenters. The van der Waals surface area contributed by atoms with Crippen molar-refractivity contribution in [3.05, 3.63) is 70.3 Å². The molecule has 4 aromatic rings. The summed E-state index contributed by atoms with van der Waals surface area (Å²) in [6.07, 6.45) is -0.917. The monoisotopic (exact) mass is 787 g/mol. The Balaban J connectivity index is 0.915. The average Bonchev–Trinajstić information content (AvgIpc) is 3.65. The number of nitrogens with one attached hydrogen (secondary N) is 3. The third-order valence-electron chi connectivity index (χ3n) is 11.3. The minimum atomic E-state index is -4.90. The molecule has 2 aromatic heterocycles. The molecule has 3 N–H and O–H groups in total. The molecular formula is C39H43F6N7O4.